The molecule has 0 bridgehead atoms. The third-order valence-corrected chi connectivity index (χ3v) is 1.17. The van der Waals surface area contributed by atoms with E-state index in [2.05, 4.69) is 0 Å². The van der Waals surface area contributed by atoms with Gasteiger partial charge in [-0.3, -0.25) is 0 Å². The van der Waals surface area contributed by atoms with Crippen molar-refractivity contribution in [3.63, 3.8) is 0 Å². The molecule has 52 valence electrons. The summed E-state index contributed by atoms with van der Waals surface area (Å²) in [4.78, 5) is 0. The summed E-state index contributed by atoms with van der Waals surface area (Å²) in [6.45, 7) is 1.94. The third kappa shape index (κ3) is 5.29. The molecule has 0 aromatic carbocycles. The summed E-state index contributed by atoms with van der Waals surface area (Å²) in [5.41, 5.74) is 0. The summed E-state index contributed by atoms with van der Waals surface area (Å²) >= 11 is 0. The van der Waals surface area contributed by atoms with Gasteiger partial charge in [-0.2, -0.15) is 5.26 Å². The fraction of sp³-hybridized carbons (Fsp3) is 0.857. The van der Waals surface area contributed by atoms with Crippen molar-refractivity contribution in [2.24, 2.45) is 0 Å². The summed E-state index contributed by atoms with van der Waals surface area (Å²) in [7, 11) is 0. The zero-order valence-corrected chi connectivity index (χ0v) is 5.73. The predicted molar refractivity (Wildman–Crippen MR) is 34.7 cm³/mol. The maximum Gasteiger partial charge on any atom is 0.101 e. The third-order valence-electron chi connectivity index (χ3n) is 1.17. The summed E-state index contributed by atoms with van der Waals surface area (Å²) in [6.07, 6.45) is 1.47. The van der Waals surface area contributed by atoms with Crippen LogP contribution < -0.4 is 0 Å². The molecule has 0 spiro atoms. The van der Waals surface area contributed by atoms with Gasteiger partial charge in [-0.15, -0.1) is 0 Å². The fourth-order valence-electron chi connectivity index (χ4n) is 0.679. The number of hydrogen-bond donors (Lipinski definition) is 0. The molecular formula is C7H12FN. The molecule has 9 heavy (non-hydrogen) atoms. The number of rotatable bonds is 4. The van der Waals surface area contributed by atoms with Gasteiger partial charge in [-0.05, 0) is 12.8 Å². The standard InChI is InChI=1S/C7H12FN/c1-2-4-7(8)5-3-6-9/h7H,2-5H2,1H3. The van der Waals surface area contributed by atoms with Gasteiger partial charge in [-0.1, -0.05) is 13.3 Å². The first kappa shape index (κ1) is 8.42. The van der Waals surface area contributed by atoms with Crippen LogP contribution in [-0.2, 0) is 0 Å². The van der Waals surface area contributed by atoms with Gasteiger partial charge in [-0.25, -0.2) is 4.39 Å². The first-order chi connectivity index (χ1) is 4.31. The minimum atomic E-state index is -0.755. The van der Waals surface area contributed by atoms with Crippen LogP contribution in [-0.4, -0.2) is 6.17 Å². The largest absolute Gasteiger partial charge is 0.247 e. The van der Waals surface area contributed by atoms with Gasteiger partial charge < -0.3 is 0 Å². The van der Waals surface area contributed by atoms with Crippen LogP contribution in [0.1, 0.15) is 32.6 Å². The minimum Gasteiger partial charge on any atom is -0.247 e. The highest BCUT2D eigenvalue weighted by Crippen LogP contribution is 2.07. The van der Waals surface area contributed by atoms with E-state index in [1.807, 2.05) is 13.0 Å². The van der Waals surface area contributed by atoms with Crippen molar-refractivity contribution >= 4 is 0 Å². The van der Waals surface area contributed by atoms with Crippen molar-refractivity contribution in [3.05, 3.63) is 0 Å². The van der Waals surface area contributed by atoms with Gasteiger partial charge in [0.25, 0.3) is 0 Å². The molecular weight excluding hydrogens is 117 g/mol. The Morgan fingerprint density at radius 3 is 2.67 bits per heavy atom. The van der Waals surface area contributed by atoms with E-state index < -0.39 is 6.17 Å². The van der Waals surface area contributed by atoms with Crippen molar-refractivity contribution < 1.29 is 4.39 Å². The number of nitrogens with zero attached hydrogens (tertiary/aromatic N) is 1. The molecule has 0 N–H and O–H groups in total. The van der Waals surface area contributed by atoms with Crippen LogP contribution in [0.25, 0.3) is 0 Å². The van der Waals surface area contributed by atoms with E-state index in [0.717, 1.165) is 6.42 Å². The summed E-state index contributed by atoms with van der Waals surface area (Å²) in [5.74, 6) is 0. The molecule has 0 rings (SSSR count). The molecule has 0 saturated heterocycles. The molecule has 0 fully saturated rings. The maximum absolute atomic E-state index is 12.4. The molecule has 0 radical (unpaired) electrons. The molecule has 0 aromatic rings. The SMILES string of the molecule is CCCC(F)CCC#N. The summed E-state index contributed by atoms with van der Waals surface area (Å²) < 4.78 is 12.4. The van der Waals surface area contributed by atoms with Crippen LogP contribution in [0.3, 0.4) is 0 Å². The number of nitriles is 1. The molecule has 1 nitrogen and oxygen atoms in total. The van der Waals surface area contributed by atoms with E-state index in [1.54, 1.807) is 0 Å². The Balaban J connectivity index is 3.07. The van der Waals surface area contributed by atoms with Crippen LogP contribution in [0.15, 0.2) is 0 Å². The van der Waals surface area contributed by atoms with E-state index in [4.69, 9.17) is 5.26 Å². The Bertz CT molecular complexity index is 95.6. The van der Waals surface area contributed by atoms with Crippen LogP contribution in [0, 0.1) is 11.3 Å². The second-order valence-electron chi connectivity index (χ2n) is 2.08. The molecule has 0 aliphatic carbocycles. The Morgan fingerprint density at radius 1 is 1.56 bits per heavy atom. The normalized spacial score (nSPS) is 12.6. The first-order valence-corrected chi connectivity index (χ1v) is 3.32. The van der Waals surface area contributed by atoms with Crippen molar-refractivity contribution in [1.29, 1.82) is 5.26 Å². The Kier molecular flexibility index (Phi) is 5.20. The smallest absolute Gasteiger partial charge is 0.101 e. The van der Waals surface area contributed by atoms with Gasteiger partial charge in [0, 0.05) is 6.42 Å². The van der Waals surface area contributed by atoms with Gasteiger partial charge in [0.15, 0.2) is 0 Å². The first-order valence-electron chi connectivity index (χ1n) is 3.32. The topological polar surface area (TPSA) is 23.8 Å². The van der Waals surface area contributed by atoms with E-state index >= 15 is 0 Å². The molecule has 0 aliphatic heterocycles. The summed E-state index contributed by atoms with van der Waals surface area (Å²) in [6, 6.07) is 1.92. The maximum atomic E-state index is 12.4. The Labute approximate surface area is 55.5 Å². The molecule has 0 aromatic heterocycles. The molecule has 0 saturated carbocycles. The monoisotopic (exact) mass is 129 g/mol. The van der Waals surface area contributed by atoms with Crippen molar-refractivity contribution in [1.82, 2.24) is 0 Å². The van der Waals surface area contributed by atoms with Gasteiger partial charge in [0.1, 0.15) is 6.17 Å². The van der Waals surface area contributed by atoms with E-state index in [9.17, 15) is 4.39 Å². The van der Waals surface area contributed by atoms with Gasteiger partial charge in [0.2, 0.25) is 0 Å². The van der Waals surface area contributed by atoms with E-state index in [-0.39, 0.29) is 0 Å². The second kappa shape index (κ2) is 5.55. The number of halogens is 1. The highest BCUT2D eigenvalue weighted by Gasteiger charge is 2.02. The highest BCUT2D eigenvalue weighted by molar-refractivity contribution is 4.71. The van der Waals surface area contributed by atoms with Crippen molar-refractivity contribution in [2.45, 2.75) is 38.8 Å². The molecule has 0 amide bonds. The zero-order valence-electron chi connectivity index (χ0n) is 5.73. The van der Waals surface area contributed by atoms with Gasteiger partial charge in [0.05, 0.1) is 6.07 Å². The number of hydrogen-bond acceptors (Lipinski definition) is 1. The fourth-order valence-corrected chi connectivity index (χ4v) is 0.679. The summed E-state index contributed by atoms with van der Waals surface area (Å²) in [5, 5.41) is 8.07. The molecule has 2 heteroatoms. The van der Waals surface area contributed by atoms with E-state index in [1.165, 1.54) is 0 Å². The molecule has 0 heterocycles. The van der Waals surface area contributed by atoms with E-state index in [0.29, 0.717) is 19.3 Å². The molecule has 1 unspecified atom stereocenters. The predicted octanol–water partition coefficient (Wildman–Crippen LogP) is 2.43. The van der Waals surface area contributed by atoms with Crippen LogP contribution >= 0.6 is 0 Å². The van der Waals surface area contributed by atoms with Crippen molar-refractivity contribution in [2.75, 3.05) is 0 Å². The Hall–Kier alpha value is -0.580. The average molecular weight is 129 g/mol. The van der Waals surface area contributed by atoms with Crippen LogP contribution in [0.2, 0.25) is 0 Å². The average Bonchev–Trinajstić information content (AvgIpc) is 1.85. The lowest BCUT2D eigenvalue weighted by Crippen LogP contribution is -1.97. The number of alkyl halides is 1. The minimum absolute atomic E-state index is 0.348. The zero-order chi connectivity index (χ0) is 7.11. The second-order valence-corrected chi connectivity index (χ2v) is 2.08. The molecule has 0 aliphatic rings. The molecule has 1 atom stereocenters. The van der Waals surface area contributed by atoms with Crippen molar-refractivity contribution in [3.8, 4) is 6.07 Å². The van der Waals surface area contributed by atoms with Gasteiger partial charge >= 0.3 is 0 Å². The Morgan fingerprint density at radius 2 is 2.22 bits per heavy atom. The highest BCUT2D eigenvalue weighted by atomic mass is 19.1. The lowest BCUT2D eigenvalue weighted by Gasteiger charge is -2.00. The quantitative estimate of drug-likeness (QED) is 0.571. The van der Waals surface area contributed by atoms with Crippen LogP contribution in [0.5, 0.6) is 0 Å². The lowest BCUT2D eigenvalue weighted by molar-refractivity contribution is 0.297. The van der Waals surface area contributed by atoms with Crippen LogP contribution in [0.4, 0.5) is 4.39 Å². The lowest BCUT2D eigenvalue weighted by atomic mass is 10.1.